The number of fused-ring (bicyclic) bond motifs is 3. The topological polar surface area (TPSA) is 35.9 Å². The van der Waals surface area contributed by atoms with Gasteiger partial charge in [-0.05, 0) is 12.1 Å². The summed E-state index contributed by atoms with van der Waals surface area (Å²) in [6.07, 6.45) is 0. The molecule has 2 heterocycles. The van der Waals surface area contributed by atoms with Crippen molar-refractivity contribution in [2.24, 2.45) is 10.4 Å². The Morgan fingerprint density at radius 1 is 1.25 bits per heavy atom. The fourth-order valence-corrected chi connectivity index (χ4v) is 2.46. The van der Waals surface area contributed by atoms with Gasteiger partial charge in [-0.3, -0.25) is 9.79 Å². The molecular formula is C15H19BrN3O-. The second-order valence-electron chi connectivity index (χ2n) is 6.08. The number of guanidine groups is 1. The first kappa shape index (κ1) is 15.0. The third-order valence-electron chi connectivity index (χ3n) is 3.66. The van der Waals surface area contributed by atoms with Crippen LogP contribution in [0.1, 0.15) is 20.8 Å². The molecule has 2 aliphatic rings. The van der Waals surface area contributed by atoms with Crippen molar-refractivity contribution < 1.29 is 21.8 Å². The lowest BCUT2D eigenvalue weighted by molar-refractivity contribution is -0.124. The van der Waals surface area contributed by atoms with E-state index in [1.54, 1.807) is 0 Å². The Bertz CT molecular complexity index is 562. The lowest BCUT2D eigenvalue weighted by atomic mass is 9.90. The largest absolute Gasteiger partial charge is 1.00 e. The van der Waals surface area contributed by atoms with Crippen molar-refractivity contribution in [2.75, 3.05) is 29.4 Å². The molecule has 0 bridgehead atoms. The molecule has 20 heavy (non-hydrogen) atoms. The van der Waals surface area contributed by atoms with Crippen molar-refractivity contribution in [1.29, 1.82) is 0 Å². The standard InChI is InChI=1S/C15H19N3O.BrH/c1-15(2,3)13(19)10-18-12-7-5-4-6-11(12)17-9-8-16-14(17)18;/h4-7H,8-10H2,1-3H3;1H/p-1. The van der Waals surface area contributed by atoms with E-state index in [9.17, 15) is 4.79 Å². The summed E-state index contributed by atoms with van der Waals surface area (Å²) in [6.45, 7) is 8.01. The smallest absolute Gasteiger partial charge is 0.206 e. The Morgan fingerprint density at radius 2 is 1.90 bits per heavy atom. The molecule has 0 aliphatic carbocycles. The predicted molar refractivity (Wildman–Crippen MR) is 77.9 cm³/mol. The van der Waals surface area contributed by atoms with Gasteiger partial charge in [-0.1, -0.05) is 32.9 Å². The quantitative estimate of drug-likeness (QED) is 0.716. The Hall–Kier alpha value is -1.36. The Kier molecular flexibility index (Phi) is 3.91. The molecule has 0 radical (unpaired) electrons. The van der Waals surface area contributed by atoms with Gasteiger partial charge in [0.05, 0.1) is 24.5 Å². The molecule has 0 fully saturated rings. The first-order chi connectivity index (χ1) is 8.98. The normalized spacial score (nSPS) is 16.4. The van der Waals surface area contributed by atoms with E-state index in [1.165, 1.54) is 5.69 Å². The number of Topliss-reactive ketones (excluding diaryl/α,β-unsaturated/α-hetero) is 1. The third kappa shape index (κ3) is 2.35. The van der Waals surface area contributed by atoms with Crippen LogP contribution in [0.25, 0.3) is 0 Å². The van der Waals surface area contributed by atoms with Crippen LogP contribution in [0.3, 0.4) is 0 Å². The number of halogens is 1. The molecule has 4 nitrogen and oxygen atoms in total. The molecular weight excluding hydrogens is 318 g/mol. The Balaban J connectivity index is 0.00000147. The molecule has 1 aromatic carbocycles. The molecule has 108 valence electrons. The van der Waals surface area contributed by atoms with E-state index < -0.39 is 0 Å². The number of anilines is 2. The Labute approximate surface area is 130 Å². The van der Waals surface area contributed by atoms with E-state index in [0.29, 0.717) is 6.54 Å². The van der Waals surface area contributed by atoms with E-state index >= 15 is 0 Å². The van der Waals surface area contributed by atoms with E-state index in [2.05, 4.69) is 26.9 Å². The third-order valence-corrected chi connectivity index (χ3v) is 3.66. The van der Waals surface area contributed by atoms with Crippen LogP contribution in [0.4, 0.5) is 11.4 Å². The molecule has 0 saturated carbocycles. The van der Waals surface area contributed by atoms with E-state index in [-0.39, 0.29) is 28.2 Å². The highest BCUT2D eigenvalue weighted by Crippen LogP contribution is 2.38. The van der Waals surface area contributed by atoms with Crippen LogP contribution in [0.2, 0.25) is 0 Å². The summed E-state index contributed by atoms with van der Waals surface area (Å²) >= 11 is 0. The number of carbonyl (C=O) groups excluding carboxylic acids is 1. The van der Waals surface area contributed by atoms with E-state index in [4.69, 9.17) is 0 Å². The van der Waals surface area contributed by atoms with Gasteiger partial charge in [-0.25, -0.2) is 0 Å². The summed E-state index contributed by atoms with van der Waals surface area (Å²) in [7, 11) is 0. The van der Waals surface area contributed by atoms with Gasteiger partial charge in [0.15, 0.2) is 5.78 Å². The molecule has 0 aromatic heterocycles. The van der Waals surface area contributed by atoms with Crippen LogP contribution < -0.4 is 26.8 Å². The number of rotatable bonds is 2. The first-order valence-corrected chi connectivity index (χ1v) is 6.70. The minimum absolute atomic E-state index is 0. The van der Waals surface area contributed by atoms with E-state index in [0.717, 1.165) is 24.7 Å². The SMILES string of the molecule is CC(C)(C)C(=O)CN1C2=NCCN2c2ccccc21.[Br-]. The summed E-state index contributed by atoms with van der Waals surface area (Å²) in [4.78, 5) is 21.1. The summed E-state index contributed by atoms with van der Waals surface area (Å²) in [5, 5.41) is 0. The predicted octanol–water partition coefficient (Wildman–Crippen LogP) is -0.698. The van der Waals surface area contributed by atoms with Crippen molar-refractivity contribution in [3.8, 4) is 0 Å². The van der Waals surface area contributed by atoms with Crippen molar-refractivity contribution >= 4 is 23.1 Å². The number of ketones is 1. The van der Waals surface area contributed by atoms with Crippen molar-refractivity contribution in [3.05, 3.63) is 24.3 Å². The molecule has 3 rings (SSSR count). The van der Waals surface area contributed by atoms with Crippen molar-refractivity contribution in [1.82, 2.24) is 0 Å². The van der Waals surface area contributed by atoms with E-state index in [1.807, 2.05) is 32.9 Å². The Morgan fingerprint density at radius 3 is 2.55 bits per heavy atom. The van der Waals surface area contributed by atoms with Crippen molar-refractivity contribution in [3.63, 3.8) is 0 Å². The number of nitrogens with zero attached hydrogens (tertiary/aromatic N) is 3. The summed E-state index contributed by atoms with van der Waals surface area (Å²) < 4.78 is 0. The highest BCUT2D eigenvalue weighted by Gasteiger charge is 2.37. The lowest BCUT2D eigenvalue weighted by Gasteiger charge is -2.23. The van der Waals surface area contributed by atoms with Gasteiger partial charge in [0, 0.05) is 12.0 Å². The number of carbonyl (C=O) groups is 1. The second kappa shape index (κ2) is 5.20. The van der Waals surface area contributed by atoms with Crippen LogP contribution in [0.5, 0.6) is 0 Å². The lowest BCUT2D eigenvalue weighted by Crippen LogP contribution is -3.00. The number of hydrogen-bond acceptors (Lipinski definition) is 4. The molecule has 0 amide bonds. The molecule has 5 heteroatoms. The zero-order valence-corrected chi connectivity index (χ0v) is 13.6. The molecule has 2 aliphatic heterocycles. The number of aliphatic imine (C=N–C) groups is 1. The van der Waals surface area contributed by atoms with Gasteiger partial charge in [0.1, 0.15) is 0 Å². The van der Waals surface area contributed by atoms with Gasteiger partial charge in [0.2, 0.25) is 5.96 Å². The minimum atomic E-state index is -0.318. The molecule has 0 atom stereocenters. The highest BCUT2D eigenvalue weighted by atomic mass is 79.9. The highest BCUT2D eigenvalue weighted by molar-refractivity contribution is 6.19. The number of benzene rings is 1. The fraction of sp³-hybridized carbons (Fsp3) is 0.467. The van der Waals surface area contributed by atoms with Gasteiger partial charge in [-0.2, -0.15) is 0 Å². The fourth-order valence-electron chi connectivity index (χ4n) is 2.46. The zero-order chi connectivity index (χ0) is 13.6. The van der Waals surface area contributed by atoms with Crippen molar-refractivity contribution in [2.45, 2.75) is 20.8 Å². The maximum atomic E-state index is 12.3. The molecule has 0 spiro atoms. The van der Waals surface area contributed by atoms with Gasteiger partial charge in [0.25, 0.3) is 0 Å². The maximum absolute atomic E-state index is 12.3. The van der Waals surface area contributed by atoms with Crippen LogP contribution in [-0.4, -0.2) is 31.4 Å². The summed E-state index contributed by atoms with van der Waals surface area (Å²) in [5.74, 6) is 1.16. The molecule has 0 saturated heterocycles. The van der Waals surface area contributed by atoms with Gasteiger partial charge in [-0.15, -0.1) is 0 Å². The van der Waals surface area contributed by atoms with Crippen LogP contribution in [0, 0.1) is 5.41 Å². The van der Waals surface area contributed by atoms with Crippen LogP contribution in [-0.2, 0) is 4.79 Å². The maximum Gasteiger partial charge on any atom is 0.206 e. The van der Waals surface area contributed by atoms with Gasteiger partial charge >= 0.3 is 0 Å². The molecule has 0 N–H and O–H groups in total. The average molecular weight is 337 g/mol. The summed E-state index contributed by atoms with van der Waals surface area (Å²) in [6, 6.07) is 8.20. The summed E-state index contributed by atoms with van der Waals surface area (Å²) in [5.41, 5.74) is 1.95. The van der Waals surface area contributed by atoms with Crippen LogP contribution in [0.15, 0.2) is 29.3 Å². The van der Waals surface area contributed by atoms with Crippen LogP contribution >= 0.6 is 0 Å². The second-order valence-corrected chi connectivity index (χ2v) is 6.08. The number of hydrogen-bond donors (Lipinski definition) is 0. The number of para-hydroxylation sites is 2. The first-order valence-electron chi connectivity index (χ1n) is 6.70. The average Bonchev–Trinajstić information content (AvgIpc) is 2.91. The zero-order valence-electron chi connectivity index (χ0n) is 12.1. The van der Waals surface area contributed by atoms with Gasteiger partial charge < -0.3 is 26.8 Å². The molecule has 0 unspecified atom stereocenters. The molecule has 1 aromatic rings. The minimum Gasteiger partial charge on any atom is -1.00 e. The monoisotopic (exact) mass is 336 g/mol.